The molecule has 0 spiro atoms. The minimum atomic E-state index is -1.02. The first-order valence-electron chi connectivity index (χ1n) is 6.98. The van der Waals surface area contributed by atoms with Gasteiger partial charge in [-0.3, -0.25) is 4.21 Å². The summed E-state index contributed by atoms with van der Waals surface area (Å²) in [4.78, 5) is 0.831. The second-order valence-electron chi connectivity index (χ2n) is 4.78. The molecular formula is C15H16N4O2S2. The Balaban J connectivity index is 1.63. The molecule has 1 aromatic carbocycles. The van der Waals surface area contributed by atoms with Crippen molar-refractivity contribution in [1.82, 2.24) is 14.9 Å². The molecule has 0 fully saturated rings. The van der Waals surface area contributed by atoms with Crippen molar-refractivity contribution >= 4 is 22.6 Å². The molecule has 6 nitrogen and oxygen atoms in total. The second-order valence-corrected chi connectivity index (χ2v) is 7.41. The molecule has 0 aliphatic heterocycles. The van der Waals surface area contributed by atoms with Gasteiger partial charge in [0.1, 0.15) is 5.76 Å². The van der Waals surface area contributed by atoms with E-state index < -0.39 is 10.8 Å². The summed E-state index contributed by atoms with van der Waals surface area (Å²) in [5.41, 5.74) is 0.819. The molecular weight excluding hydrogens is 332 g/mol. The largest absolute Gasteiger partial charge is 0.469 e. The van der Waals surface area contributed by atoms with E-state index >= 15 is 0 Å². The van der Waals surface area contributed by atoms with Crippen LogP contribution in [0.3, 0.4) is 0 Å². The molecule has 1 atom stereocenters. The summed E-state index contributed by atoms with van der Waals surface area (Å²) in [5, 5.41) is 8.79. The van der Waals surface area contributed by atoms with Crippen LogP contribution >= 0.6 is 11.8 Å². The average Bonchev–Trinajstić information content (AvgIpc) is 3.14. The number of thioether (sulfide) groups is 1. The predicted molar refractivity (Wildman–Crippen MR) is 91.1 cm³/mol. The zero-order valence-corrected chi connectivity index (χ0v) is 14.1. The van der Waals surface area contributed by atoms with Crippen LogP contribution in [0.1, 0.15) is 5.76 Å². The summed E-state index contributed by atoms with van der Waals surface area (Å²) in [7, 11) is -1.02. The van der Waals surface area contributed by atoms with Crippen LogP contribution in [-0.4, -0.2) is 30.6 Å². The highest BCUT2D eigenvalue weighted by Crippen LogP contribution is 2.25. The van der Waals surface area contributed by atoms with Gasteiger partial charge in [0.2, 0.25) is 5.16 Å². The van der Waals surface area contributed by atoms with Crippen LogP contribution < -0.4 is 5.84 Å². The Morgan fingerprint density at radius 2 is 2.04 bits per heavy atom. The molecule has 8 heteroatoms. The highest BCUT2D eigenvalue weighted by molar-refractivity contribution is 8.00. The summed E-state index contributed by atoms with van der Waals surface area (Å²) in [6, 6.07) is 11.2. The van der Waals surface area contributed by atoms with Crippen LogP contribution in [0.5, 0.6) is 0 Å². The van der Waals surface area contributed by atoms with Gasteiger partial charge in [0.25, 0.3) is 0 Å². The number of hydrogen-bond donors (Lipinski definition) is 1. The predicted octanol–water partition coefficient (Wildman–Crippen LogP) is 2.46. The number of benzene rings is 1. The summed E-state index contributed by atoms with van der Waals surface area (Å²) in [6.45, 7) is 1.85. The zero-order valence-electron chi connectivity index (χ0n) is 12.5. The van der Waals surface area contributed by atoms with Crippen LogP contribution in [-0.2, 0) is 10.8 Å². The molecule has 2 heterocycles. The fourth-order valence-electron chi connectivity index (χ4n) is 2.07. The maximum Gasteiger partial charge on any atom is 0.210 e. The third kappa shape index (κ3) is 3.48. The topological polar surface area (TPSA) is 86.9 Å². The van der Waals surface area contributed by atoms with E-state index in [4.69, 9.17) is 10.3 Å². The standard InChI is InChI=1S/C15H16N4O2S2/c1-11-13(7-8-21-11)14-17-18-15(19(14)16)22-9-10-23(20)12-5-3-2-4-6-12/h2-8H,9-10,16H2,1H3/t23-/m0/s1. The number of rotatable bonds is 6. The van der Waals surface area contributed by atoms with Crippen LogP contribution in [0.25, 0.3) is 11.4 Å². The third-order valence-electron chi connectivity index (χ3n) is 3.27. The smallest absolute Gasteiger partial charge is 0.210 e. The lowest BCUT2D eigenvalue weighted by Gasteiger charge is -2.03. The lowest BCUT2D eigenvalue weighted by molar-refractivity contribution is 0.535. The first-order valence-corrected chi connectivity index (χ1v) is 9.28. The van der Waals surface area contributed by atoms with Gasteiger partial charge in [-0.2, -0.15) is 0 Å². The van der Waals surface area contributed by atoms with E-state index in [-0.39, 0.29) is 0 Å². The van der Waals surface area contributed by atoms with Crippen molar-refractivity contribution in [2.24, 2.45) is 0 Å². The highest BCUT2D eigenvalue weighted by atomic mass is 32.2. The molecule has 3 rings (SSSR count). The molecule has 23 heavy (non-hydrogen) atoms. The molecule has 120 valence electrons. The maximum atomic E-state index is 12.2. The summed E-state index contributed by atoms with van der Waals surface area (Å²) < 4.78 is 18.9. The SMILES string of the molecule is Cc1occc1-c1nnc(SCC[S@](=O)c2ccccc2)n1N. The fourth-order valence-corrected chi connectivity index (χ4v) is 4.22. The zero-order chi connectivity index (χ0) is 16.2. The summed E-state index contributed by atoms with van der Waals surface area (Å²) >= 11 is 1.43. The number of nitrogens with two attached hydrogens (primary N) is 1. The minimum Gasteiger partial charge on any atom is -0.469 e. The fraction of sp³-hybridized carbons (Fsp3) is 0.200. The lowest BCUT2D eigenvalue weighted by atomic mass is 10.2. The van der Waals surface area contributed by atoms with E-state index in [0.29, 0.717) is 22.5 Å². The van der Waals surface area contributed by atoms with Gasteiger partial charge in [-0.15, -0.1) is 10.2 Å². The van der Waals surface area contributed by atoms with E-state index in [2.05, 4.69) is 10.2 Å². The van der Waals surface area contributed by atoms with Crippen LogP contribution in [0.15, 0.2) is 57.1 Å². The second kappa shape index (κ2) is 7.01. The van der Waals surface area contributed by atoms with Gasteiger partial charge in [-0.1, -0.05) is 30.0 Å². The Kier molecular flexibility index (Phi) is 4.82. The molecule has 0 amide bonds. The minimum absolute atomic E-state index is 0.529. The first kappa shape index (κ1) is 15.8. The van der Waals surface area contributed by atoms with Gasteiger partial charge < -0.3 is 10.3 Å². The number of hydrogen-bond acceptors (Lipinski definition) is 6. The van der Waals surface area contributed by atoms with Crippen molar-refractivity contribution in [1.29, 1.82) is 0 Å². The van der Waals surface area contributed by atoms with Crippen LogP contribution in [0.2, 0.25) is 0 Å². The number of nitrogens with zero attached hydrogens (tertiary/aromatic N) is 3. The Labute approximate surface area is 140 Å². The molecule has 3 aromatic rings. The molecule has 0 bridgehead atoms. The number of furan rings is 1. The monoisotopic (exact) mass is 348 g/mol. The van der Waals surface area contributed by atoms with Crippen molar-refractivity contribution in [3.63, 3.8) is 0 Å². The Hall–Kier alpha value is -2.06. The third-order valence-corrected chi connectivity index (χ3v) is 5.85. The van der Waals surface area contributed by atoms with Gasteiger partial charge in [-0.25, -0.2) is 4.68 Å². The maximum absolute atomic E-state index is 12.2. The summed E-state index contributed by atoms with van der Waals surface area (Å²) in [6.07, 6.45) is 1.59. The Bertz CT molecular complexity index is 814. The molecule has 0 saturated carbocycles. The Morgan fingerprint density at radius 1 is 1.26 bits per heavy atom. The summed E-state index contributed by atoms with van der Waals surface area (Å²) in [5.74, 6) is 8.51. The van der Waals surface area contributed by atoms with Gasteiger partial charge in [0, 0.05) is 16.4 Å². The molecule has 2 aromatic heterocycles. The van der Waals surface area contributed by atoms with E-state index in [1.807, 2.05) is 43.3 Å². The molecule has 0 unspecified atom stereocenters. The van der Waals surface area contributed by atoms with E-state index in [0.717, 1.165) is 16.2 Å². The quantitative estimate of drug-likeness (QED) is 0.544. The van der Waals surface area contributed by atoms with Gasteiger partial charge >= 0.3 is 0 Å². The van der Waals surface area contributed by atoms with Crippen LogP contribution in [0, 0.1) is 6.92 Å². The van der Waals surface area contributed by atoms with Crippen molar-refractivity contribution in [2.75, 3.05) is 17.3 Å². The van der Waals surface area contributed by atoms with Gasteiger partial charge in [-0.05, 0) is 25.1 Å². The average molecular weight is 348 g/mol. The molecule has 0 aliphatic carbocycles. The van der Waals surface area contributed by atoms with Gasteiger partial charge in [0.15, 0.2) is 5.82 Å². The van der Waals surface area contributed by atoms with Crippen molar-refractivity contribution in [3.05, 3.63) is 48.4 Å². The normalized spacial score (nSPS) is 12.4. The van der Waals surface area contributed by atoms with E-state index in [1.54, 1.807) is 6.26 Å². The number of aryl methyl sites for hydroxylation is 1. The molecule has 0 aliphatic rings. The molecule has 0 radical (unpaired) electrons. The van der Waals surface area contributed by atoms with Crippen LogP contribution in [0.4, 0.5) is 0 Å². The van der Waals surface area contributed by atoms with E-state index in [1.165, 1.54) is 16.4 Å². The van der Waals surface area contributed by atoms with Crippen molar-refractivity contribution in [3.8, 4) is 11.4 Å². The van der Waals surface area contributed by atoms with Crippen molar-refractivity contribution in [2.45, 2.75) is 17.0 Å². The first-order chi connectivity index (χ1) is 11.2. The van der Waals surface area contributed by atoms with Crippen molar-refractivity contribution < 1.29 is 8.63 Å². The molecule has 0 saturated heterocycles. The number of aromatic nitrogens is 3. The highest BCUT2D eigenvalue weighted by Gasteiger charge is 2.15. The number of nitrogen functional groups attached to an aromatic ring is 1. The van der Waals surface area contributed by atoms with E-state index in [9.17, 15) is 4.21 Å². The van der Waals surface area contributed by atoms with Gasteiger partial charge in [0.05, 0.1) is 22.6 Å². The lowest BCUT2D eigenvalue weighted by Crippen LogP contribution is -2.12. The molecule has 2 N–H and O–H groups in total. The Morgan fingerprint density at radius 3 is 2.74 bits per heavy atom.